The van der Waals surface area contributed by atoms with E-state index in [4.69, 9.17) is 9.84 Å². The predicted molar refractivity (Wildman–Crippen MR) is 65.9 cm³/mol. The summed E-state index contributed by atoms with van der Waals surface area (Å²) in [6, 6.07) is 7.29. The molecule has 1 atom stereocenters. The quantitative estimate of drug-likeness (QED) is 0.645. The van der Waals surface area contributed by atoms with Crippen LogP contribution >= 0.6 is 15.9 Å². The van der Waals surface area contributed by atoms with Gasteiger partial charge in [0.25, 0.3) is 0 Å². The minimum absolute atomic E-state index is 0.287. The molecule has 0 bridgehead atoms. The van der Waals surface area contributed by atoms with Gasteiger partial charge in [-0.1, -0.05) is 34.1 Å². The lowest BCUT2D eigenvalue weighted by molar-refractivity contribution is -0.144. The van der Waals surface area contributed by atoms with Gasteiger partial charge in [-0.15, -0.1) is 6.58 Å². The highest BCUT2D eigenvalue weighted by Crippen LogP contribution is 2.16. The third-order valence-electron chi connectivity index (χ3n) is 2.01. The number of carboxylic acid groups (broad SMARTS) is 1. The number of carboxylic acids is 1. The molecule has 1 unspecified atom stereocenters. The van der Waals surface area contributed by atoms with Crippen LogP contribution in [0.1, 0.15) is 12.0 Å². The number of aliphatic carboxylic acids is 1. The Balaban J connectivity index is 2.69. The lowest BCUT2D eigenvalue weighted by atomic mass is 10.2. The van der Waals surface area contributed by atoms with Crippen molar-refractivity contribution in [1.82, 2.24) is 0 Å². The summed E-state index contributed by atoms with van der Waals surface area (Å²) in [6.07, 6.45) is 0.952. The van der Waals surface area contributed by atoms with Gasteiger partial charge in [-0.25, -0.2) is 4.79 Å². The normalized spacial score (nSPS) is 11.8. The molecule has 0 saturated heterocycles. The highest BCUT2D eigenvalue weighted by Gasteiger charge is 2.17. The molecule has 0 radical (unpaired) electrons. The Hall–Kier alpha value is -1.29. The van der Waals surface area contributed by atoms with Crippen molar-refractivity contribution in [1.29, 1.82) is 0 Å². The third-order valence-corrected chi connectivity index (χ3v) is 2.66. The lowest BCUT2D eigenvalue weighted by Gasteiger charge is -2.13. The first-order valence-corrected chi connectivity index (χ1v) is 5.94. The SMILES string of the molecule is C=CCC(Oc1ccc(CBr)cc1)C(=O)O. The second-order valence-electron chi connectivity index (χ2n) is 3.25. The molecular formula is C12H13BrO3. The largest absolute Gasteiger partial charge is 0.478 e. The molecule has 0 heterocycles. The standard InChI is InChI=1S/C12H13BrO3/c1-2-3-11(12(14)15)16-10-6-4-9(8-13)5-7-10/h2,4-7,11H,1,3,8H2,(H,14,15). The van der Waals surface area contributed by atoms with Crippen LogP contribution in [0.5, 0.6) is 5.75 Å². The fourth-order valence-corrected chi connectivity index (χ4v) is 1.55. The van der Waals surface area contributed by atoms with E-state index in [1.54, 1.807) is 12.1 Å². The molecule has 0 aliphatic heterocycles. The molecule has 3 nitrogen and oxygen atoms in total. The van der Waals surface area contributed by atoms with Crippen molar-refractivity contribution in [3.63, 3.8) is 0 Å². The van der Waals surface area contributed by atoms with E-state index in [9.17, 15) is 4.79 Å². The number of benzene rings is 1. The molecule has 1 aromatic rings. The Morgan fingerprint density at radius 2 is 2.12 bits per heavy atom. The summed E-state index contributed by atoms with van der Waals surface area (Å²) in [5.74, 6) is -0.427. The summed E-state index contributed by atoms with van der Waals surface area (Å²) in [5.41, 5.74) is 1.11. The molecule has 1 aromatic carbocycles. The van der Waals surface area contributed by atoms with E-state index in [0.717, 1.165) is 10.9 Å². The fraction of sp³-hybridized carbons (Fsp3) is 0.250. The van der Waals surface area contributed by atoms with Crippen molar-refractivity contribution >= 4 is 21.9 Å². The molecule has 0 aliphatic carbocycles. The van der Waals surface area contributed by atoms with Gasteiger partial charge in [0.05, 0.1) is 0 Å². The van der Waals surface area contributed by atoms with E-state index in [1.807, 2.05) is 12.1 Å². The fourth-order valence-electron chi connectivity index (χ4n) is 1.17. The lowest BCUT2D eigenvalue weighted by Crippen LogP contribution is -2.26. The first kappa shape index (κ1) is 12.8. The first-order valence-electron chi connectivity index (χ1n) is 4.82. The number of hydrogen-bond donors (Lipinski definition) is 1. The molecule has 4 heteroatoms. The zero-order chi connectivity index (χ0) is 12.0. The van der Waals surface area contributed by atoms with Gasteiger partial charge in [0.1, 0.15) is 5.75 Å². The monoisotopic (exact) mass is 284 g/mol. The highest BCUT2D eigenvalue weighted by atomic mass is 79.9. The van der Waals surface area contributed by atoms with Gasteiger partial charge < -0.3 is 9.84 Å². The molecule has 1 N–H and O–H groups in total. The second kappa shape index (κ2) is 6.33. The zero-order valence-electron chi connectivity index (χ0n) is 8.73. The van der Waals surface area contributed by atoms with Gasteiger partial charge >= 0.3 is 5.97 Å². The van der Waals surface area contributed by atoms with Crippen LogP contribution in [0.3, 0.4) is 0 Å². The maximum Gasteiger partial charge on any atom is 0.345 e. The van der Waals surface area contributed by atoms with Gasteiger partial charge in [0.2, 0.25) is 0 Å². The maximum absolute atomic E-state index is 10.8. The molecule has 0 amide bonds. The van der Waals surface area contributed by atoms with Crippen LogP contribution in [0.15, 0.2) is 36.9 Å². The van der Waals surface area contributed by atoms with E-state index >= 15 is 0 Å². The van der Waals surface area contributed by atoms with E-state index in [1.165, 1.54) is 6.08 Å². The molecule has 0 saturated carbocycles. The van der Waals surface area contributed by atoms with Crippen molar-refractivity contribution in [3.05, 3.63) is 42.5 Å². The van der Waals surface area contributed by atoms with E-state index in [-0.39, 0.29) is 6.42 Å². The van der Waals surface area contributed by atoms with Crippen LogP contribution in [0.4, 0.5) is 0 Å². The average Bonchev–Trinajstić information content (AvgIpc) is 2.29. The van der Waals surface area contributed by atoms with Gasteiger partial charge in [-0.3, -0.25) is 0 Å². The van der Waals surface area contributed by atoms with Crippen LogP contribution in [0.2, 0.25) is 0 Å². The maximum atomic E-state index is 10.8. The summed E-state index contributed by atoms with van der Waals surface area (Å²) in [7, 11) is 0. The molecule has 16 heavy (non-hydrogen) atoms. The van der Waals surface area contributed by atoms with E-state index in [2.05, 4.69) is 22.5 Å². The van der Waals surface area contributed by atoms with Gasteiger partial charge in [0.15, 0.2) is 6.10 Å². The Morgan fingerprint density at radius 1 is 1.50 bits per heavy atom. The second-order valence-corrected chi connectivity index (χ2v) is 3.81. The molecule has 1 rings (SSSR count). The van der Waals surface area contributed by atoms with Crippen LogP contribution in [0.25, 0.3) is 0 Å². The molecule has 0 fully saturated rings. The number of ether oxygens (including phenoxy) is 1. The van der Waals surface area contributed by atoms with Crippen LogP contribution in [-0.2, 0) is 10.1 Å². The van der Waals surface area contributed by atoms with Crippen molar-refractivity contribution < 1.29 is 14.6 Å². The first-order chi connectivity index (χ1) is 7.67. The summed E-state index contributed by atoms with van der Waals surface area (Å²) < 4.78 is 5.33. The van der Waals surface area contributed by atoms with Crippen LogP contribution in [-0.4, -0.2) is 17.2 Å². The van der Waals surface area contributed by atoms with Crippen molar-refractivity contribution in [2.45, 2.75) is 17.9 Å². The topological polar surface area (TPSA) is 46.5 Å². The number of carbonyl (C=O) groups is 1. The number of hydrogen-bond acceptors (Lipinski definition) is 2. The molecule has 0 aromatic heterocycles. The number of alkyl halides is 1. The highest BCUT2D eigenvalue weighted by molar-refractivity contribution is 9.08. The minimum atomic E-state index is -0.982. The van der Waals surface area contributed by atoms with Gasteiger partial charge in [-0.2, -0.15) is 0 Å². The molecule has 0 spiro atoms. The summed E-state index contributed by atoms with van der Waals surface area (Å²) in [4.78, 5) is 10.8. The predicted octanol–water partition coefficient (Wildman–Crippen LogP) is 2.99. The Bertz CT molecular complexity index is 359. The Kier molecular flexibility index (Phi) is 5.05. The Morgan fingerprint density at radius 3 is 2.56 bits per heavy atom. The van der Waals surface area contributed by atoms with Crippen LogP contribution < -0.4 is 4.74 Å². The zero-order valence-corrected chi connectivity index (χ0v) is 10.3. The van der Waals surface area contributed by atoms with Crippen molar-refractivity contribution in [2.75, 3.05) is 0 Å². The third kappa shape index (κ3) is 3.70. The summed E-state index contributed by atoms with van der Waals surface area (Å²) >= 11 is 3.33. The molecule has 0 aliphatic rings. The van der Waals surface area contributed by atoms with Crippen molar-refractivity contribution in [2.24, 2.45) is 0 Å². The van der Waals surface area contributed by atoms with Crippen LogP contribution in [0, 0.1) is 0 Å². The summed E-state index contributed by atoms with van der Waals surface area (Å²) in [5, 5.41) is 9.65. The number of rotatable bonds is 6. The van der Waals surface area contributed by atoms with Gasteiger partial charge in [0, 0.05) is 11.8 Å². The van der Waals surface area contributed by atoms with Gasteiger partial charge in [-0.05, 0) is 17.7 Å². The van der Waals surface area contributed by atoms with E-state index < -0.39 is 12.1 Å². The Labute approximate surface area is 103 Å². The minimum Gasteiger partial charge on any atom is -0.478 e. The van der Waals surface area contributed by atoms with Crippen molar-refractivity contribution in [3.8, 4) is 5.75 Å². The van der Waals surface area contributed by atoms with E-state index in [0.29, 0.717) is 5.75 Å². The smallest absolute Gasteiger partial charge is 0.345 e. The average molecular weight is 285 g/mol. The summed E-state index contributed by atoms with van der Waals surface area (Å²) in [6.45, 7) is 3.50. The molecule has 86 valence electrons. The number of halogens is 1. The molecular weight excluding hydrogens is 272 g/mol.